The monoisotopic (exact) mass is 341 g/mol. The van der Waals surface area contributed by atoms with Gasteiger partial charge in [-0.3, -0.25) is 0 Å². The Balaban J connectivity index is 1.79. The lowest BCUT2D eigenvalue weighted by molar-refractivity contribution is 0.140. The van der Waals surface area contributed by atoms with Crippen LogP contribution in [0, 0.1) is 5.92 Å². The van der Waals surface area contributed by atoms with Crippen LogP contribution in [0.3, 0.4) is 0 Å². The molecule has 3 rings (SSSR count). The number of aromatic nitrogens is 1. The second kappa shape index (κ2) is 5.21. The van der Waals surface area contributed by atoms with Crippen molar-refractivity contribution in [2.75, 3.05) is 24.5 Å². The molecule has 7 heteroatoms. The second-order valence-electron chi connectivity index (χ2n) is 5.30. The van der Waals surface area contributed by atoms with Gasteiger partial charge in [-0.15, -0.1) is 0 Å². The van der Waals surface area contributed by atoms with Crippen molar-refractivity contribution in [2.24, 2.45) is 5.92 Å². The zero-order chi connectivity index (χ0) is 14.3. The molecule has 1 aromatic rings. The van der Waals surface area contributed by atoms with Crippen molar-refractivity contribution in [1.82, 2.24) is 9.88 Å². The molecule has 2 fully saturated rings. The van der Waals surface area contributed by atoms with Crippen molar-refractivity contribution in [3.05, 3.63) is 22.4 Å². The van der Waals surface area contributed by atoms with Gasteiger partial charge in [-0.1, -0.05) is 0 Å². The molecule has 0 bridgehead atoms. The van der Waals surface area contributed by atoms with Gasteiger partial charge in [-0.2, -0.15) is 0 Å². The zero-order valence-electron chi connectivity index (χ0n) is 10.9. The number of carbonyl (C=O) groups is 1. The van der Waals surface area contributed by atoms with Gasteiger partial charge in [0.1, 0.15) is 4.60 Å². The topological polar surface area (TPSA) is 76.9 Å². The molecule has 6 nitrogen and oxygen atoms in total. The first-order valence-electron chi connectivity index (χ1n) is 6.60. The van der Waals surface area contributed by atoms with E-state index in [0.29, 0.717) is 23.6 Å². The highest BCUT2D eigenvalue weighted by Gasteiger charge is 2.43. The fourth-order valence-electron chi connectivity index (χ4n) is 3.17. The minimum atomic E-state index is -0.829. The summed E-state index contributed by atoms with van der Waals surface area (Å²) in [5.74, 6) is 0.396. The molecule has 20 heavy (non-hydrogen) atoms. The zero-order valence-corrected chi connectivity index (χ0v) is 12.5. The predicted octanol–water partition coefficient (Wildman–Crippen LogP) is 1.52. The largest absolute Gasteiger partial charge is 0.465 e. The molecule has 108 valence electrons. The maximum atomic E-state index is 11.2. The Bertz CT molecular complexity index is 540. The van der Waals surface area contributed by atoms with Gasteiger partial charge in [0.25, 0.3) is 0 Å². The normalized spacial score (nSPS) is 25.1. The number of halogens is 1. The number of likely N-dealkylation sites (tertiary alicyclic amines) is 1. The summed E-state index contributed by atoms with van der Waals surface area (Å²) in [6.45, 7) is 2.12. The number of fused-ring (bicyclic) bond motifs is 1. The van der Waals surface area contributed by atoms with E-state index < -0.39 is 6.09 Å². The standard InChI is InChI=1S/C13H16BrN3O3/c14-12-9(7-18)3-10(4-15-12)16-5-8-1-2-17(13(19)20)11(8)6-16/h3-4,8,11,18H,1-2,5-7H2,(H,19,20)/t8-,11+/m1/s1. The molecule has 0 radical (unpaired) electrons. The number of carboxylic acid groups (broad SMARTS) is 1. The Labute approximate surface area is 125 Å². The summed E-state index contributed by atoms with van der Waals surface area (Å²) in [5, 5.41) is 18.5. The van der Waals surface area contributed by atoms with Gasteiger partial charge in [-0.05, 0) is 28.4 Å². The first kappa shape index (κ1) is 13.6. The summed E-state index contributed by atoms with van der Waals surface area (Å²) in [7, 11) is 0. The minimum Gasteiger partial charge on any atom is -0.465 e. The molecule has 2 atom stereocenters. The van der Waals surface area contributed by atoms with Gasteiger partial charge in [-0.25, -0.2) is 9.78 Å². The number of rotatable bonds is 2. The van der Waals surface area contributed by atoms with Crippen molar-refractivity contribution in [3.63, 3.8) is 0 Å². The fraction of sp³-hybridized carbons (Fsp3) is 0.538. The summed E-state index contributed by atoms with van der Waals surface area (Å²) in [5.41, 5.74) is 1.69. The Morgan fingerprint density at radius 1 is 1.50 bits per heavy atom. The lowest BCUT2D eigenvalue weighted by Gasteiger charge is -2.23. The highest BCUT2D eigenvalue weighted by molar-refractivity contribution is 9.10. The van der Waals surface area contributed by atoms with E-state index in [0.717, 1.165) is 24.2 Å². The predicted molar refractivity (Wildman–Crippen MR) is 76.7 cm³/mol. The molecular formula is C13H16BrN3O3. The molecule has 2 N–H and O–H groups in total. The Hall–Kier alpha value is -1.34. The van der Waals surface area contributed by atoms with Gasteiger partial charge >= 0.3 is 6.09 Å². The van der Waals surface area contributed by atoms with E-state index in [-0.39, 0.29) is 12.6 Å². The van der Waals surface area contributed by atoms with E-state index in [9.17, 15) is 15.0 Å². The maximum absolute atomic E-state index is 11.2. The fourth-order valence-corrected chi connectivity index (χ4v) is 3.52. The third-order valence-electron chi connectivity index (χ3n) is 4.23. The van der Waals surface area contributed by atoms with Crippen LogP contribution in [0.5, 0.6) is 0 Å². The summed E-state index contributed by atoms with van der Waals surface area (Å²) < 4.78 is 0.648. The SMILES string of the molecule is O=C(O)N1CC[C@@H]2CN(c3cnc(Br)c(CO)c3)C[C@@H]21. The van der Waals surface area contributed by atoms with E-state index in [1.165, 1.54) is 0 Å². The lowest BCUT2D eigenvalue weighted by Crippen LogP contribution is -2.38. The summed E-state index contributed by atoms with van der Waals surface area (Å²) in [6, 6.07) is 1.98. The van der Waals surface area contributed by atoms with Crippen molar-refractivity contribution in [3.8, 4) is 0 Å². The molecule has 3 heterocycles. The van der Waals surface area contributed by atoms with Crippen LogP contribution in [-0.2, 0) is 6.61 Å². The molecule has 0 unspecified atom stereocenters. The molecular weight excluding hydrogens is 326 g/mol. The van der Waals surface area contributed by atoms with Crippen LogP contribution in [0.1, 0.15) is 12.0 Å². The number of hydrogen-bond acceptors (Lipinski definition) is 4. The van der Waals surface area contributed by atoms with Crippen molar-refractivity contribution >= 4 is 27.7 Å². The average molecular weight is 342 g/mol. The van der Waals surface area contributed by atoms with Crippen LogP contribution in [0.2, 0.25) is 0 Å². The van der Waals surface area contributed by atoms with E-state index in [1.54, 1.807) is 11.1 Å². The second-order valence-corrected chi connectivity index (χ2v) is 6.05. The van der Waals surface area contributed by atoms with E-state index in [1.807, 2.05) is 6.07 Å². The van der Waals surface area contributed by atoms with Gasteiger partial charge in [0.15, 0.2) is 0 Å². The third kappa shape index (κ3) is 2.25. The molecule has 0 spiro atoms. The van der Waals surface area contributed by atoms with Gasteiger partial charge in [0.05, 0.1) is 24.5 Å². The number of aliphatic hydroxyl groups excluding tert-OH is 1. The molecule has 0 aromatic carbocycles. The Morgan fingerprint density at radius 3 is 3.00 bits per heavy atom. The van der Waals surface area contributed by atoms with E-state index >= 15 is 0 Å². The molecule has 0 saturated carbocycles. The van der Waals surface area contributed by atoms with Gasteiger partial charge in [0.2, 0.25) is 0 Å². The molecule has 2 saturated heterocycles. The first-order chi connectivity index (χ1) is 9.60. The van der Waals surface area contributed by atoms with Crippen molar-refractivity contribution in [1.29, 1.82) is 0 Å². The number of aliphatic hydroxyl groups is 1. The lowest BCUT2D eigenvalue weighted by atomic mass is 10.1. The molecule has 0 aliphatic carbocycles. The first-order valence-corrected chi connectivity index (χ1v) is 7.39. The van der Waals surface area contributed by atoms with Crippen LogP contribution in [-0.4, -0.2) is 51.9 Å². The van der Waals surface area contributed by atoms with Crippen molar-refractivity contribution < 1.29 is 15.0 Å². The Morgan fingerprint density at radius 2 is 2.30 bits per heavy atom. The Kier molecular flexibility index (Phi) is 3.55. The minimum absolute atomic E-state index is 0.0661. The number of amides is 1. The number of anilines is 1. The number of hydrogen-bond donors (Lipinski definition) is 2. The number of pyridine rings is 1. The highest BCUT2D eigenvalue weighted by Crippen LogP contribution is 2.34. The maximum Gasteiger partial charge on any atom is 0.407 e. The van der Waals surface area contributed by atoms with Crippen LogP contribution in [0.15, 0.2) is 16.9 Å². The van der Waals surface area contributed by atoms with Crippen LogP contribution in [0.4, 0.5) is 10.5 Å². The smallest absolute Gasteiger partial charge is 0.407 e. The van der Waals surface area contributed by atoms with Crippen LogP contribution < -0.4 is 4.90 Å². The van der Waals surface area contributed by atoms with Crippen LogP contribution >= 0.6 is 15.9 Å². The van der Waals surface area contributed by atoms with Gasteiger partial charge in [0, 0.05) is 31.1 Å². The molecule has 2 aliphatic heterocycles. The molecule has 2 aliphatic rings. The summed E-state index contributed by atoms with van der Waals surface area (Å²) >= 11 is 3.30. The van der Waals surface area contributed by atoms with E-state index in [4.69, 9.17) is 0 Å². The molecule has 1 amide bonds. The van der Waals surface area contributed by atoms with Crippen molar-refractivity contribution in [2.45, 2.75) is 19.1 Å². The summed E-state index contributed by atoms with van der Waals surface area (Å²) in [4.78, 5) is 19.1. The average Bonchev–Trinajstić information content (AvgIpc) is 2.98. The summed E-state index contributed by atoms with van der Waals surface area (Å²) in [6.07, 6.45) is 1.85. The molecule has 1 aromatic heterocycles. The number of nitrogens with zero attached hydrogens (tertiary/aromatic N) is 3. The third-order valence-corrected chi connectivity index (χ3v) is 4.94. The van der Waals surface area contributed by atoms with E-state index in [2.05, 4.69) is 25.8 Å². The highest BCUT2D eigenvalue weighted by atomic mass is 79.9. The quantitative estimate of drug-likeness (QED) is 0.797. The van der Waals surface area contributed by atoms with Crippen LogP contribution in [0.25, 0.3) is 0 Å². The van der Waals surface area contributed by atoms with Gasteiger partial charge < -0.3 is 20.0 Å².